The van der Waals surface area contributed by atoms with E-state index in [9.17, 15) is 48.3 Å². The summed E-state index contributed by atoms with van der Waals surface area (Å²) >= 11 is 6.25. The number of carboxylic acids is 3. The van der Waals surface area contributed by atoms with Gasteiger partial charge in [-0.1, -0.05) is 127 Å². The van der Waals surface area contributed by atoms with Crippen LogP contribution in [0.3, 0.4) is 0 Å². The molecule has 1 aliphatic carbocycles. The van der Waals surface area contributed by atoms with Gasteiger partial charge in [0.1, 0.15) is 19.8 Å². The van der Waals surface area contributed by atoms with E-state index in [-0.39, 0.29) is 65.2 Å². The van der Waals surface area contributed by atoms with Gasteiger partial charge in [-0.2, -0.15) is 0 Å². The summed E-state index contributed by atoms with van der Waals surface area (Å²) in [5.74, 6) is -4.10. The fraction of sp³-hybridized carbons (Fsp3) is 0.391. The number of thioether (sulfide) groups is 2. The van der Waals surface area contributed by atoms with E-state index in [1.807, 2.05) is 87.5 Å². The molecule has 6 N–H and O–H groups in total. The van der Waals surface area contributed by atoms with Crippen LogP contribution in [-0.4, -0.2) is 90.3 Å². The molecule has 0 spiro atoms. The van der Waals surface area contributed by atoms with Gasteiger partial charge in [0.25, 0.3) is 0 Å². The first-order chi connectivity index (χ1) is 40.0. The second-order valence-corrected chi connectivity index (χ2v) is 26.6. The van der Waals surface area contributed by atoms with Gasteiger partial charge in [0, 0.05) is 37.7 Å². The average molecular weight is 1240 g/mol. The lowest BCUT2D eigenvalue weighted by Crippen LogP contribution is -2.29. The van der Waals surface area contributed by atoms with E-state index in [1.165, 1.54) is 39.6 Å². The van der Waals surface area contributed by atoms with Gasteiger partial charge in [-0.25, -0.2) is 0 Å². The number of carbonyl (C=O) groups is 9. The highest BCUT2D eigenvalue weighted by Crippen LogP contribution is 2.45. The van der Waals surface area contributed by atoms with Gasteiger partial charge in [-0.05, 0) is 106 Å². The number of benzene rings is 3. The van der Waals surface area contributed by atoms with Crippen LogP contribution in [0.2, 0.25) is 0 Å². The first-order valence-electron chi connectivity index (χ1n) is 28.0. The molecule has 0 radical (unpaired) electrons. The van der Waals surface area contributed by atoms with Crippen LogP contribution in [0.25, 0.3) is 0 Å². The van der Waals surface area contributed by atoms with Crippen LogP contribution >= 0.6 is 57.5 Å². The van der Waals surface area contributed by atoms with Crippen LogP contribution in [0.1, 0.15) is 173 Å². The highest BCUT2D eigenvalue weighted by atomic mass is 32.2. The van der Waals surface area contributed by atoms with E-state index in [4.69, 9.17) is 10.2 Å². The Bertz CT molecular complexity index is 3280. The summed E-state index contributed by atoms with van der Waals surface area (Å²) in [6, 6.07) is 28.0. The van der Waals surface area contributed by atoms with E-state index >= 15 is 0 Å². The van der Waals surface area contributed by atoms with Crippen LogP contribution < -0.4 is 16.0 Å². The van der Waals surface area contributed by atoms with Crippen LogP contribution in [0.5, 0.6) is 0 Å². The first kappa shape index (κ1) is 68.1. The monoisotopic (exact) mass is 1240 g/mol. The summed E-state index contributed by atoms with van der Waals surface area (Å²) in [4.78, 5) is 112. The van der Waals surface area contributed by atoms with Crippen molar-refractivity contribution in [1.29, 1.82) is 0 Å². The molecule has 3 aromatic carbocycles. The van der Waals surface area contributed by atoms with E-state index in [0.29, 0.717) is 48.4 Å². The van der Waals surface area contributed by atoms with E-state index < -0.39 is 28.1 Å². The Kier molecular flexibility index (Phi) is 26.4. The molecule has 1 fully saturated rings. The van der Waals surface area contributed by atoms with Gasteiger partial charge in [-0.15, -0.1) is 57.5 Å². The second-order valence-electron chi connectivity index (χ2n) is 20.7. The largest absolute Gasteiger partial charge is 0.481 e. The molecule has 20 heteroatoms. The summed E-state index contributed by atoms with van der Waals surface area (Å²) in [6.45, 7) is 15.3. The van der Waals surface area contributed by atoms with E-state index in [1.54, 1.807) is 38.1 Å². The maximum atomic E-state index is 13.1. The molecule has 0 bridgehead atoms. The quantitative estimate of drug-likeness (QED) is 0.0263. The zero-order valence-electron chi connectivity index (χ0n) is 48.8. The Morgan fingerprint density at radius 3 is 1.12 bits per heavy atom. The van der Waals surface area contributed by atoms with Gasteiger partial charge in [0.2, 0.25) is 17.7 Å². The number of carbonyl (C=O) groups excluding carboxylic acids is 6. The Labute approximate surface area is 512 Å². The molecule has 84 heavy (non-hydrogen) atoms. The minimum absolute atomic E-state index is 0.00249. The number of aryl methyl sites for hydroxylation is 6. The van der Waals surface area contributed by atoms with Crippen molar-refractivity contribution in [2.45, 2.75) is 137 Å². The molecule has 3 amide bonds. The predicted octanol–water partition coefficient (Wildman–Crippen LogP) is 14.0. The third-order valence-electron chi connectivity index (χ3n) is 14.0. The number of nitrogens with one attached hydrogen (secondary N) is 3. The van der Waals surface area contributed by atoms with Gasteiger partial charge < -0.3 is 31.3 Å². The Morgan fingerprint density at radius 2 is 0.810 bits per heavy atom. The molecule has 15 nitrogen and oxygen atoms in total. The number of rotatable bonds is 27. The van der Waals surface area contributed by atoms with Gasteiger partial charge >= 0.3 is 17.9 Å². The van der Waals surface area contributed by atoms with Crippen molar-refractivity contribution in [2.24, 2.45) is 5.41 Å². The van der Waals surface area contributed by atoms with Crippen molar-refractivity contribution >= 4 is 126 Å². The number of amides is 3. The van der Waals surface area contributed by atoms with E-state index in [0.717, 1.165) is 113 Å². The van der Waals surface area contributed by atoms with Crippen molar-refractivity contribution in [3.8, 4) is 0 Å². The molecule has 6 aromatic rings. The fourth-order valence-electron chi connectivity index (χ4n) is 9.01. The molecule has 7 rings (SSSR count). The predicted molar refractivity (Wildman–Crippen MR) is 342 cm³/mol. The molecule has 448 valence electrons. The molecular weight excluding hydrogens is 1160 g/mol. The Hall–Kier alpha value is -6.71. The van der Waals surface area contributed by atoms with Crippen molar-refractivity contribution in [3.63, 3.8) is 0 Å². The average Bonchev–Trinajstić information content (AvgIpc) is 4.47. The highest BCUT2D eigenvalue weighted by molar-refractivity contribution is 8.02. The number of hydrogen-bond donors (Lipinski definition) is 6. The number of thiophene rings is 3. The smallest absolute Gasteiger partial charge is 0.319 e. The highest BCUT2D eigenvalue weighted by Gasteiger charge is 2.38. The summed E-state index contributed by atoms with van der Waals surface area (Å²) in [5, 5.41) is 37.2. The minimum atomic E-state index is -1.05. The zero-order chi connectivity index (χ0) is 61.7. The summed E-state index contributed by atoms with van der Waals surface area (Å²) in [5.41, 5.74) is 6.23. The number of carboxylic acid groups (broad SMARTS) is 3. The topological polar surface area (TPSA) is 250 Å². The molecule has 0 unspecified atom stereocenters. The lowest BCUT2D eigenvalue weighted by molar-refractivity contribution is -0.140. The lowest BCUT2D eigenvalue weighted by atomic mass is 9.79. The molecule has 1 saturated carbocycles. The van der Waals surface area contributed by atoms with Crippen LogP contribution in [0.15, 0.2) is 91.0 Å². The second kappa shape index (κ2) is 32.5. The Morgan fingerprint density at radius 1 is 0.464 bits per heavy atom. The maximum absolute atomic E-state index is 13.1. The summed E-state index contributed by atoms with van der Waals surface area (Å²) < 4.78 is -1.05. The molecule has 0 aliphatic heterocycles. The van der Waals surface area contributed by atoms with Crippen LogP contribution in [-0.2, 0) is 67.3 Å². The van der Waals surface area contributed by atoms with Gasteiger partial charge in [-0.3, -0.25) is 43.2 Å². The van der Waals surface area contributed by atoms with Crippen LogP contribution in [0, 0.1) is 5.41 Å². The summed E-state index contributed by atoms with van der Waals surface area (Å²) in [6.07, 6.45) is 8.64. The molecule has 3 aromatic heterocycles. The maximum Gasteiger partial charge on any atom is 0.319 e. The van der Waals surface area contributed by atoms with Crippen molar-refractivity contribution in [1.82, 2.24) is 0 Å². The normalized spacial score (nSPS) is 12.4. The SMILES string of the molecule is CCc1ccc(C(=O)c2cc(CC)sc2NC(=O)CC2(CC(=O)O)CCCC2)cc1.CCc1ccc(C(=O)c2cc(CC)sc2NC(=O)CSC(C)(C)C(=O)O)cc1.CCc1ccc(C(=O)c2cc(CC)sc2NC(=O)CSCC(=O)O)cc1. The third kappa shape index (κ3) is 20.0. The Balaban J connectivity index is 0.000000231. The number of ketones is 3. The number of aliphatic carboxylic acids is 3. The first-order valence-corrected chi connectivity index (χ1v) is 32.6. The number of anilines is 3. The lowest BCUT2D eigenvalue weighted by Gasteiger charge is -2.26. The molecule has 1 aliphatic rings. The molecule has 3 heterocycles. The minimum Gasteiger partial charge on any atom is -0.481 e. The molecule has 0 saturated heterocycles. The van der Waals surface area contributed by atoms with Crippen molar-refractivity contribution < 1.29 is 58.5 Å². The third-order valence-corrected chi connectivity index (χ3v) is 19.8. The van der Waals surface area contributed by atoms with Crippen molar-refractivity contribution in [2.75, 3.05) is 33.2 Å². The molecular formula is C64H75N3O12S5. The number of hydrogen-bond acceptors (Lipinski definition) is 14. The van der Waals surface area contributed by atoms with Crippen molar-refractivity contribution in [3.05, 3.63) is 156 Å². The van der Waals surface area contributed by atoms with Gasteiger partial charge in [0.05, 0.1) is 40.4 Å². The standard InChI is InChI=1S/C24H29NO4S.C21H25NO4S2.C19H21NO4S2/c1-3-16-7-9-17(10-8-16)22(29)19-13-18(4-2)30-23(19)25-20(26)14-24(15-21(27)28)11-5-6-12-24;1-5-13-7-9-14(10-8-13)18(24)16-11-15(6-2)28-19(16)22-17(23)12-27-21(3,4)20(25)26;1-3-12-5-7-13(8-6-12)18(24)15-9-14(4-2)26-19(15)20-16(21)10-25-11-17(22)23/h7-10,13H,3-6,11-12,14-15H2,1-2H3,(H,25,26)(H,27,28);7-11H,5-6,12H2,1-4H3,(H,22,23)(H,25,26);5-9H,3-4,10-11H2,1-2H3,(H,20,21)(H,22,23). The fourth-order valence-corrected chi connectivity index (χ4v) is 13.3. The van der Waals surface area contributed by atoms with Crippen LogP contribution in [0.4, 0.5) is 15.0 Å². The zero-order valence-corrected chi connectivity index (χ0v) is 52.9. The van der Waals surface area contributed by atoms with E-state index in [2.05, 4.69) is 36.7 Å². The van der Waals surface area contributed by atoms with Gasteiger partial charge in [0.15, 0.2) is 17.3 Å². The molecule has 0 atom stereocenters. The summed E-state index contributed by atoms with van der Waals surface area (Å²) in [7, 11) is 0.